The van der Waals surface area contributed by atoms with E-state index in [0.29, 0.717) is 18.8 Å². The molecule has 21 heavy (non-hydrogen) atoms. The molecule has 2 aliphatic rings. The molecule has 2 unspecified atom stereocenters. The molecule has 2 atom stereocenters. The molecule has 2 heterocycles. The summed E-state index contributed by atoms with van der Waals surface area (Å²) >= 11 is 4.93. The molecule has 2 fully saturated rings. The Morgan fingerprint density at radius 1 is 1.24 bits per heavy atom. The molecule has 0 amide bonds. The van der Waals surface area contributed by atoms with Crippen LogP contribution in [-0.4, -0.2) is 30.3 Å². The Morgan fingerprint density at radius 3 is 2.38 bits per heavy atom. The molecule has 2 N–H and O–H groups in total. The molecule has 0 spiro atoms. The topological polar surface area (TPSA) is 38.5 Å². The average Bonchev–Trinajstić information content (AvgIpc) is 2.75. The summed E-state index contributed by atoms with van der Waals surface area (Å²) in [4.78, 5) is 2.01. The maximum atomic E-state index is 12.8. The quantitative estimate of drug-likeness (QED) is 0.852. The van der Waals surface area contributed by atoms with Crippen LogP contribution in [0.25, 0.3) is 0 Å². The van der Waals surface area contributed by atoms with Crippen LogP contribution in [0.3, 0.4) is 0 Å². The molecule has 0 saturated carbocycles. The van der Waals surface area contributed by atoms with Crippen LogP contribution in [0.1, 0.15) is 24.0 Å². The van der Waals surface area contributed by atoms with E-state index in [1.165, 1.54) is 6.07 Å². The fourth-order valence-electron chi connectivity index (χ4n) is 3.00. The van der Waals surface area contributed by atoms with Gasteiger partial charge in [-0.05, 0) is 31.0 Å². The van der Waals surface area contributed by atoms with Crippen molar-refractivity contribution in [2.24, 2.45) is 5.73 Å². The first kappa shape index (κ1) is 14.6. The Bertz CT molecular complexity index is 564. The summed E-state index contributed by atoms with van der Waals surface area (Å²) in [5.74, 6) is 0. The van der Waals surface area contributed by atoms with E-state index in [2.05, 4.69) is 0 Å². The number of benzene rings is 1. The molecule has 7 heteroatoms. The Labute approximate surface area is 125 Å². The maximum absolute atomic E-state index is 12.8. The summed E-state index contributed by atoms with van der Waals surface area (Å²) in [6.07, 6.45) is -2.13. The smallest absolute Gasteiger partial charge is 0.389 e. The lowest BCUT2D eigenvalue weighted by Crippen LogP contribution is -2.43. The third kappa shape index (κ3) is 2.85. The molecule has 1 aromatic rings. The van der Waals surface area contributed by atoms with Crippen molar-refractivity contribution in [2.75, 3.05) is 18.0 Å². The van der Waals surface area contributed by atoms with Crippen molar-refractivity contribution in [3.05, 3.63) is 29.3 Å². The summed E-state index contributed by atoms with van der Waals surface area (Å²) in [5.41, 5.74) is 5.83. The van der Waals surface area contributed by atoms with Crippen molar-refractivity contribution >= 4 is 22.9 Å². The van der Waals surface area contributed by atoms with Crippen LogP contribution in [0.5, 0.6) is 0 Å². The Hall–Kier alpha value is -1.34. The largest absolute Gasteiger partial charge is 0.416 e. The molecule has 2 saturated heterocycles. The van der Waals surface area contributed by atoms with Gasteiger partial charge in [0.1, 0.15) is 4.99 Å². The second kappa shape index (κ2) is 5.14. The highest BCUT2D eigenvalue weighted by molar-refractivity contribution is 7.80. The van der Waals surface area contributed by atoms with Gasteiger partial charge in [0, 0.05) is 24.3 Å². The van der Waals surface area contributed by atoms with Gasteiger partial charge in [-0.15, -0.1) is 0 Å². The van der Waals surface area contributed by atoms with E-state index in [-0.39, 0.29) is 22.8 Å². The molecule has 3 nitrogen and oxygen atoms in total. The lowest BCUT2D eigenvalue weighted by atomic mass is 10.1. The minimum Gasteiger partial charge on any atom is -0.389 e. The Kier molecular flexibility index (Phi) is 3.57. The van der Waals surface area contributed by atoms with Gasteiger partial charge in [-0.2, -0.15) is 13.2 Å². The third-order valence-electron chi connectivity index (χ3n) is 3.97. The number of hydrogen-bond acceptors (Lipinski definition) is 3. The highest BCUT2D eigenvalue weighted by Crippen LogP contribution is 2.35. The van der Waals surface area contributed by atoms with Gasteiger partial charge in [0.2, 0.25) is 0 Å². The Balaban J connectivity index is 1.96. The molecule has 0 aromatic heterocycles. The number of nitrogens with two attached hydrogens (primary N) is 1. The second-order valence-electron chi connectivity index (χ2n) is 5.46. The summed E-state index contributed by atoms with van der Waals surface area (Å²) in [5, 5.41) is 0. The lowest BCUT2D eigenvalue weighted by Gasteiger charge is -2.35. The van der Waals surface area contributed by atoms with Crippen LogP contribution >= 0.6 is 12.2 Å². The molecular formula is C14H15F3N2OS. The van der Waals surface area contributed by atoms with E-state index in [9.17, 15) is 13.2 Å². The number of rotatable bonds is 2. The third-order valence-corrected chi connectivity index (χ3v) is 4.19. The van der Waals surface area contributed by atoms with Gasteiger partial charge in [-0.1, -0.05) is 12.2 Å². The molecule has 114 valence electrons. The van der Waals surface area contributed by atoms with Crippen molar-refractivity contribution in [3.63, 3.8) is 0 Å². The molecule has 1 aromatic carbocycles. The molecule has 0 radical (unpaired) electrons. The van der Waals surface area contributed by atoms with E-state index < -0.39 is 11.7 Å². The fraction of sp³-hybridized carbons (Fsp3) is 0.500. The number of halogens is 3. The maximum Gasteiger partial charge on any atom is 0.416 e. The van der Waals surface area contributed by atoms with Crippen LogP contribution in [0.2, 0.25) is 0 Å². The van der Waals surface area contributed by atoms with Crippen molar-refractivity contribution in [1.82, 2.24) is 0 Å². The van der Waals surface area contributed by atoms with Gasteiger partial charge in [-0.3, -0.25) is 0 Å². The molecule has 2 bridgehead atoms. The monoisotopic (exact) mass is 316 g/mol. The number of morpholine rings is 1. The highest BCUT2D eigenvalue weighted by atomic mass is 32.1. The minimum absolute atomic E-state index is 0.0186. The van der Waals surface area contributed by atoms with Crippen LogP contribution in [0.4, 0.5) is 18.9 Å². The summed E-state index contributed by atoms with van der Waals surface area (Å²) in [7, 11) is 0. The minimum atomic E-state index is -4.40. The van der Waals surface area contributed by atoms with E-state index in [0.717, 1.165) is 25.0 Å². The van der Waals surface area contributed by atoms with Crippen molar-refractivity contribution in [1.29, 1.82) is 0 Å². The number of hydrogen-bond donors (Lipinski definition) is 1. The van der Waals surface area contributed by atoms with Crippen LogP contribution in [0.15, 0.2) is 18.2 Å². The van der Waals surface area contributed by atoms with Gasteiger partial charge in [0.15, 0.2) is 0 Å². The number of nitrogens with zero attached hydrogens (tertiary/aromatic N) is 1. The SMILES string of the molecule is NC(=S)c1cc(C(F)(F)F)ccc1N1CC2CCC(C1)O2. The standard InChI is InChI=1S/C14H15F3N2OS/c15-14(16,17)8-1-4-12(11(5-8)13(18)21)19-6-9-2-3-10(7-19)20-9/h1,4-5,9-10H,2-3,6-7H2,(H2,18,21). The number of anilines is 1. The number of ether oxygens (including phenoxy) is 1. The summed E-state index contributed by atoms with van der Waals surface area (Å²) < 4.78 is 44.2. The first-order valence-corrected chi connectivity index (χ1v) is 7.17. The highest BCUT2D eigenvalue weighted by Gasteiger charge is 2.36. The van der Waals surface area contributed by atoms with E-state index >= 15 is 0 Å². The molecule has 3 rings (SSSR count). The first-order chi connectivity index (χ1) is 9.84. The fourth-order valence-corrected chi connectivity index (χ4v) is 3.16. The van der Waals surface area contributed by atoms with Crippen molar-refractivity contribution in [2.45, 2.75) is 31.2 Å². The van der Waals surface area contributed by atoms with Gasteiger partial charge in [0.05, 0.1) is 17.8 Å². The van der Waals surface area contributed by atoms with Gasteiger partial charge >= 0.3 is 6.18 Å². The second-order valence-corrected chi connectivity index (χ2v) is 5.90. The molecule has 2 aliphatic heterocycles. The van der Waals surface area contributed by atoms with Crippen LogP contribution in [-0.2, 0) is 10.9 Å². The number of fused-ring (bicyclic) bond motifs is 2. The average molecular weight is 316 g/mol. The van der Waals surface area contributed by atoms with Crippen molar-refractivity contribution in [3.8, 4) is 0 Å². The number of alkyl halides is 3. The van der Waals surface area contributed by atoms with Gasteiger partial charge in [-0.25, -0.2) is 0 Å². The molecule has 0 aliphatic carbocycles. The lowest BCUT2D eigenvalue weighted by molar-refractivity contribution is -0.137. The first-order valence-electron chi connectivity index (χ1n) is 6.76. The van der Waals surface area contributed by atoms with Crippen LogP contribution < -0.4 is 10.6 Å². The zero-order valence-electron chi connectivity index (χ0n) is 11.2. The molecular weight excluding hydrogens is 301 g/mol. The predicted octanol–water partition coefficient (Wildman–Crippen LogP) is 2.71. The normalized spacial score (nSPS) is 25.2. The summed E-state index contributed by atoms with van der Waals surface area (Å²) in [6.45, 7) is 1.33. The number of thiocarbonyl (C=S) groups is 1. The van der Waals surface area contributed by atoms with E-state index in [1.807, 2.05) is 4.90 Å². The van der Waals surface area contributed by atoms with E-state index in [1.54, 1.807) is 0 Å². The van der Waals surface area contributed by atoms with Gasteiger partial charge < -0.3 is 15.4 Å². The zero-order valence-corrected chi connectivity index (χ0v) is 12.0. The Morgan fingerprint density at radius 2 is 1.86 bits per heavy atom. The zero-order chi connectivity index (χ0) is 15.2. The van der Waals surface area contributed by atoms with Gasteiger partial charge in [0.25, 0.3) is 0 Å². The summed E-state index contributed by atoms with van der Waals surface area (Å²) in [6, 6.07) is 3.57. The van der Waals surface area contributed by atoms with Crippen molar-refractivity contribution < 1.29 is 17.9 Å². The van der Waals surface area contributed by atoms with Crippen LogP contribution in [0, 0.1) is 0 Å². The van der Waals surface area contributed by atoms with E-state index in [4.69, 9.17) is 22.7 Å². The predicted molar refractivity (Wildman–Crippen MR) is 77.4 cm³/mol.